The molecule has 0 fully saturated rings. The highest BCUT2D eigenvalue weighted by Gasteiger charge is 2.10. The first-order chi connectivity index (χ1) is 11.7. The maximum atomic E-state index is 12.3. The van der Waals surface area contributed by atoms with Gasteiger partial charge in [-0.15, -0.1) is 10.2 Å². The number of hydrogen-bond acceptors (Lipinski definition) is 3. The second-order valence-electron chi connectivity index (χ2n) is 5.07. The molecular weight excluding hydrogens is 304 g/mol. The van der Waals surface area contributed by atoms with Crippen molar-refractivity contribution in [2.75, 3.05) is 7.11 Å². The molecule has 0 heterocycles. The highest BCUT2D eigenvalue weighted by Crippen LogP contribution is 2.19. The van der Waals surface area contributed by atoms with E-state index in [0.29, 0.717) is 16.9 Å². The zero-order chi connectivity index (χ0) is 16.9. The third-order valence-electron chi connectivity index (χ3n) is 3.59. The monoisotopic (exact) mass is 318 g/mol. The molecule has 5 heteroatoms. The Morgan fingerprint density at radius 1 is 0.792 bits per heavy atom. The summed E-state index contributed by atoms with van der Waals surface area (Å²) in [5, 5.41) is 8.81. The van der Waals surface area contributed by atoms with Crippen LogP contribution in [0.3, 0.4) is 0 Å². The molecule has 0 spiro atoms. The Morgan fingerprint density at radius 2 is 1.46 bits per heavy atom. The number of amides is 2. The summed E-state index contributed by atoms with van der Waals surface area (Å²) < 4.78 is 5.03. The van der Waals surface area contributed by atoms with Crippen molar-refractivity contribution in [1.29, 1.82) is 0 Å². The van der Waals surface area contributed by atoms with Gasteiger partial charge in [0.2, 0.25) is 0 Å². The van der Waals surface area contributed by atoms with E-state index >= 15 is 0 Å². The summed E-state index contributed by atoms with van der Waals surface area (Å²) in [4.78, 5) is 24.3. The van der Waals surface area contributed by atoms with E-state index in [1.54, 1.807) is 43.5 Å². The molecule has 0 N–H and O–H groups in total. The fourth-order valence-corrected chi connectivity index (χ4v) is 2.35. The standard InChI is InChI=1S/C19H14N2O3/c1-24-15-11-9-14(10-12-15)18(22)20-21-19(23)17-8-4-6-13-5-2-3-7-16(13)17/h2-12H,1H3. The van der Waals surface area contributed by atoms with Crippen LogP contribution in [0.4, 0.5) is 0 Å². The van der Waals surface area contributed by atoms with Crippen LogP contribution in [0.5, 0.6) is 5.75 Å². The van der Waals surface area contributed by atoms with Crippen molar-refractivity contribution in [3.63, 3.8) is 0 Å². The molecule has 0 saturated heterocycles. The van der Waals surface area contributed by atoms with E-state index in [4.69, 9.17) is 4.74 Å². The van der Waals surface area contributed by atoms with Crippen molar-refractivity contribution < 1.29 is 14.3 Å². The lowest BCUT2D eigenvalue weighted by Gasteiger charge is -2.02. The normalized spacial score (nSPS) is 10.9. The largest absolute Gasteiger partial charge is 0.497 e. The summed E-state index contributed by atoms with van der Waals surface area (Å²) in [6.07, 6.45) is 0. The van der Waals surface area contributed by atoms with Gasteiger partial charge in [0, 0.05) is 5.56 Å². The fraction of sp³-hybridized carbons (Fsp3) is 0.0526. The van der Waals surface area contributed by atoms with Crippen LogP contribution in [0.1, 0.15) is 20.7 Å². The third-order valence-corrected chi connectivity index (χ3v) is 3.59. The molecular formula is C19H14N2O3. The zero-order valence-corrected chi connectivity index (χ0v) is 13.0. The summed E-state index contributed by atoms with van der Waals surface area (Å²) >= 11 is 0. The average molecular weight is 318 g/mol. The highest BCUT2D eigenvalue weighted by atomic mass is 16.5. The van der Waals surface area contributed by atoms with Gasteiger partial charge >= 0.3 is 0 Å². The summed E-state index contributed by atoms with van der Waals surface area (Å²) in [5.74, 6) is -0.491. The van der Waals surface area contributed by atoms with Crippen LogP contribution in [0.2, 0.25) is 0 Å². The minimum atomic E-state index is -0.578. The van der Waals surface area contributed by atoms with Crippen molar-refractivity contribution in [3.8, 4) is 5.75 Å². The maximum absolute atomic E-state index is 12.3. The molecule has 0 atom stereocenters. The second-order valence-corrected chi connectivity index (χ2v) is 5.07. The molecule has 0 unspecified atom stereocenters. The van der Waals surface area contributed by atoms with Gasteiger partial charge in [-0.2, -0.15) is 0 Å². The quantitative estimate of drug-likeness (QED) is 0.677. The summed E-state index contributed by atoms with van der Waals surface area (Å²) in [6, 6.07) is 19.3. The van der Waals surface area contributed by atoms with Crippen LogP contribution in [-0.2, 0) is 0 Å². The number of methoxy groups -OCH3 is 1. The van der Waals surface area contributed by atoms with Gasteiger partial charge in [0.15, 0.2) is 0 Å². The molecule has 0 aliphatic rings. The Morgan fingerprint density at radius 3 is 2.21 bits per heavy atom. The molecule has 0 aromatic heterocycles. The van der Waals surface area contributed by atoms with Crippen molar-refractivity contribution in [3.05, 3.63) is 77.9 Å². The van der Waals surface area contributed by atoms with Crippen molar-refractivity contribution >= 4 is 22.6 Å². The number of benzene rings is 3. The zero-order valence-electron chi connectivity index (χ0n) is 13.0. The number of fused-ring (bicyclic) bond motifs is 1. The lowest BCUT2D eigenvalue weighted by atomic mass is 10.0. The third kappa shape index (κ3) is 3.20. The number of carbonyl (C=O) groups is 2. The topological polar surface area (TPSA) is 68.1 Å². The van der Waals surface area contributed by atoms with Crippen LogP contribution in [0.15, 0.2) is 77.0 Å². The van der Waals surface area contributed by atoms with Gasteiger partial charge in [0.25, 0.3) is 11.8 Å². The molecule has 24 heavy (non-hydrogen) atoms. The van der Waals surface area contributed by atoms with E-state index in [9.17, 15) is 9.59 Å². The maximum Gasteiger partial charge on any atom is 0.296 e. The van der Waals surface area contributed by atoms with Crippen LogP contribution < -0.4 is 4.74 Å². The SMILES string of the molecule is COc1ccc(C(=O)N=NC(=O)c2cccc3ccccc23)cc1. The Kier molecular flexibility index (Phi) is 4.43. The molecule has 3 rings (SSSR count). The van der Waals surface area contributed by atoms with Gasteiger partial charge in [-0.05, 0) is 41.1 Å². The van der Waals surface area contributed by atoms with Gasteiger partial charge in [-0.25, -0.2) is 0 Å². The Balaban J connectivity index is 1.82. The van der Waals surface area contributed by atoms with E-state index in [0.717, 1.165) is 10.8 Å². The number of nitrogens with zero attached hydrogens (tertiary/aromatic N) is 2. The van der Waals surface area contributed by atoms with Gasteiger partial charge in [0.1, 0.15) is 5.75 Å². The molecule has 0 aliphatic heterocycles. The Bertz CT molecular complexity index is 926. The predicted octanol–water partition coefficient (Wildman–Crippen LogP) is 4.28. The van der Waals surface area contributed by atoms with E-state index in [1.165, 1.54) is 0 Å². The van der Waals surface area contributed by atoms with Crippen LogP contribution in [0.25, 0.3) is 10.8 Å². The molecule has 0 aliphatic carbocycles. The van der Waals surface area contributed by atoms with Crippen molar-refractivity contribution in [2.24, 2.45) is 10.2 Å². The second kappa shape index (κ2) is 6.83. The molecule has 2 amide bonds. The van der Waals surface area contributed by atoms with Crippen LogP contribution in [-0.4, -0.2) is 18.9 Å². The number of hydrogen-bond donors (Lipinski definition) is 0. The first-order valence-corrected chi connectivity index (χ1v) is 7.31. The average Bonchev–Trinajstić information content (AvgIpc) is 2.65. The number of ether oxygens (including phenoxy) is 1. The number of carbonyl (C=O) groups excluding carboxylic acids is 2. The van der Waals surface area contributed by atoms with E-state index in [2.05, 4.69) is 10.2 Å². The van der Waals surface area contributed by atoms with Crippen molar-refractivity contribution in [2.45, 2.75) is 0 Å². The van der Waals surface area contributed by atoms with Crippen molar-refractivity contribution in [1.82, 2.24) is 0 Å². The van der Waals surface area contributed by atoms with Gasteiger partial charge in [-0.1, -0.05) is 36.4 Å². The van der Waals surface area contributed by atoms with E-state index in [1.807, 2.05) is 30.3 Å². The first-order valence-electron chi connectivity index (χ1n) is 7.31. The highest BCUT2D eigenvalue weighted by molar-refractivity contribution is 6.08. The van der Waals surface area contributed by atoms with Gasteiger partial charge in [-0.3, -0.25) is 9.59 Å². The summed E-state index contributed by atoms with van der Waals surface area (Å²) in [6.45, 7) is 0. The minimum Gasteiger partial charge on any atom is -0.497 e. The molecule has 0 saturated carbocycles. The molecule has 3 aromatic rings. The molecule has 0 bridgehead atoms. The first kappa shape index (κ1) is 15.6. The minimum absolute atomic E-state index is 0.338. The molecule has 5 nitrogen and oxygen atoms in total. The Labute approximate surface area is 138 Å². The van der Waals surface area contributed by atoms with Crippen LogP contribution in [0, 0.1) is 0 Å². The fourth-order valence-electron chi connectivity index (χ4n) is 2.35. The van der Waals surface area contributed by atoms with Gasteiger partial charge in [0.05, 0.1) is 12.7 Å². The molecule has 0 radical (unpaired) electrons. The van der Waals surface area contributed by atoms with Crippen LogP contribution >= 0.6 is 0 Å². The lowest BCUT2D eigenvalue weighted by Crippen LogP contribution is -1.99. The lowest BCUT2D eigenvalue weighted by molar-refractivity contribution is 0.0947. The number of azo groups is 1. The molecule has 3 aromatic carbocycles. The smallest absolute Gasteiger partial charge is 0.296 e. The Hall–Kier alpha value is -3.34. The summed E-state index contributed by atoms with van der Waals surface area (Å²) in [5.41, 5.74) is 0.754. The van der Waals surface area contributed by atoms with E-state index < -0.39 is 11.8 Å². The predicted molar refractivity (Wildman–Crippen MR) is 90.5 cm³/mol. The van der Waals surface area contributed by atoms with Gasteiger partial charge < -0.3 is 4.74 Å². The van der Waals surface area contributed by atoms with E-state index in [-0.39, 0.29) is 0 Å². The number of rotatable bonds is 3. The summed E-state index contributed by atoms with van der Waals surface area (Å²) in [7, 11) is 1.54. The molecule has 118 valence electrons.